The second kappa shape index (κ2) is 14.6. The minimum atomic E-state index is -4.64. The van der Waals surface area contributed by atoms with Crippen LogP contribution in [0.1, 0.15) is 36.2 Å². The predicted octanol–water partition coefficient (Wildman–Crippen LogP) is 7.28. The van der Waals surface area contributed by atoms with Crippen LogP contribution in [-0.4, -0.2) is 46.5 Å². The number of alkyl halides is 3. The molecule has 1 heterocycles. The second-order valence-corrected chi connectivity index (χ2v) is 11.0. The standard InChI is InChI=1S/C34H37F3N4O3/c1-25(2)20-41(33(43)38-31-17-8-7-16-30(31)34(35,36)37)24-32(42)40(21-26-11-5-4-6-12-26)23-28-14-10-18-39(28)22-27-13-9-15-29(19-27)44-3/h4-19,25H,20-24H2,1-3H3,(H,38,43). The van der Waals surface area contributed by atoms with E-state index in [0.717, 1.165) is 28.6 Å². The lowest BCUT2D eigenvalue weighted by atomic mass is 10.1. The summed E-state index contributed by atoms with van der Waals surface area (Å²) in [6.07, 6.45) is -2.70. The van der Waals surface area contributed by atoms with E-state index in [4.69, 9.17) is 4.74 Å². The van der Waals surface area contributed by atoms with E-state index in [-0.39, 0.29) is 43.7 Å². The number of benzene rings is 3. The summed E-state index contributed by atoms with van der Waals surface area (Å²) in [7, 11) is 1.62. The van der Waals surface area contributed by atoms with Crippen LogP contribution in [0.3, 0.4) is 0 Å². The molecule has 0 aliphatic rings. The Balaban J connectivity index is 1.57. The first-order valence-electron chi connectivity index (χ1n) is 14.3. The summed E-state index contributed by atoms with van der Waals surface area (Å²) in [5.74, 6) is 0.385. The fourth-order valence-electron chi connectivity index (χ4n) is 4.90. The number of hydrogen-bond acceptors (Lipinski definition) is 3. The molecule has 4 aromatic rings. The maximum Gasteiger partial charge on any atom is 0.418 e. The van der Waals surface area contributed by atoms with Crippen molar-refractivity contribution >= 4 is 17.6 Å². The Hall–Kier alpha value is -4.73. The molecule has 1 N–H and O–H groups in total. The number of carbonyl (C=O) groups excluding carboxylic acids is 2. The third-order valence-electron chi connectivity index (χ3n) is 7.01. The summed E-state index contributed by atoms with van der Waals surface area (Å²) in [5, 5.41) is 2.39. The van der Waals surface area contributed by atoms with Crippen LogP contribution in [0.15, 0.2) is 97.2 Å². The van der Waals surface area contributed by atoms with Crippen molar-refractivity contribution < 1.29 is 27.5 Å². The van der Waals surface area contributed by atoms with Crippen molar-refractivity contribution in [3.63, 3.8) is 0 Å². The highest BCUT2D eigenvalue weighted by Gasteiger charge is 2.34. The van der Waals surface area contributed by atoms with Crippen molar-refractivity contribution in [2.75, 3.05) is 25.5 Å². The van der Waals surface area contributed by atoms with E-state index in [1.54, 1.807) is 12.0 Å². The van der Waals surface area contributed by atoms with Crippen LogP contribution in [-0.2, 0) is 30.6 Å². The van der Waals surface area contributed by atoms with Crippen LogP contribution in [0.2, 0.25) is 0 Å². The van der Waals surface area contributed by atoms with E-state index in [0.29, 0.717) is 6.54 Å². The summed E-state index contributed by atoms with van der Waals surface area (Å²) >= 11 is 0. The Bertz CT molecular complexity index is 1540. The van der Waals surface area contributed by atoms with E-state index in [1.807, 2.05) is 91.3 Å². The van der Waals surface area contributed by atoms with Gasteiger partial charge in [0.05, 0.1) is 24.9 Å². The molecule has 10 heteroatoms. The van der Waals surface area contributed by atoms with Gasteiger partial charge in [0.1, 0.15) is 12.3 Å². The number of anilines is 1. The van der Waals surface area contributed by atoms with Crippen LogP contribution < -0.4 is 10.1 Å². The van der Waals surface area contributed by atoms with Gasteiger partial charge in [0.25, 0.3) is 0 Å². The fourth-order valence-corrected chi connectivity index (χ4v) is 4.90. The normalized spacial score (nSPS) is 11.3. The summed E-state index contributed by atoms with van der Waals surface area (Å²) in [5.41, 5.74) is 1.51. The van der Waals surface area contributed by atoms with Gasteiger partial charge in [0.2, 0.25) is 5.91 Å². The lowest BCUT2D eigenvalue weighted by molar-refractivity contribution is -0.137. The van der Waals surface area contributed by atoms with Gasteiger partial charge in [-0.1, -0.05) is 68.4 Å². The minimum absolute atomic E-state index is 0.0333. The average molecular weight is 607 g/mol. The summed E-state index contributed by atoms with van der Waals surface area (Å²) in [4.78, 5) is 30.2. The van der Waals surface area contributed by atoms with Crippen molar-refractivity contribution in [1.82, 2.24) is 14.4 Å². The number of nitrogens with zero attached hydrogens (tertiary/aromatic N) is 3. The van der Waals surface area contributed by atoms with E-state index in [1.165, 1.54) is 23.1 Å². The lowest BCUT2D eigenvalue weighted by Crippen LogP contribution is -2.45. The van der Waals surface area contributed by atoms with E-state index in [2.05, 4.69) is 5.32 Å². The number of halogens is 3. The maximum atomic E-state index is 13.9. The average Bonchev–Trinajstić information content (AvgIpc) is 3.42. The number of rotatable bonds is 12. The molecule has 7 nitrogen and oxygen atoms in total. The Kier molecular flexibility index (Phi) is 10.7. The van der Waals surface area contributed by atoms with Gasteiger partial charge in [-0.15, -0.1) is 0 Å². The smallest absolute Gasteiger partial charge is 0.418 e. The van der Waals surface area contributed by atoms with E-state index < -0.39 is 17.8 Å². The van der Waals surface area contributed by atoms with Gasteiger partial charge in [-0.2, -0.15) is 13.2 Å². The summed E-state index contributed by atoms with van der Waals surface area (Å²) in [6.45, 7) is 4.74. The van der Waals surface area contributed by atoms with E-state index in [9.17, 15) is 22.8 Å². The highest BCUT2D eigenvalue weighted by atomic mass is 19.4. The largest absolute Gasteiger partial charge is 0.497 e. The number of para-hydroxylation sites is 1. The first kappa shape index (κ1) is 32.2. The molecule has 0 saturated heterocycles. The number of urea groups is 1. The number of nitrogens with one attached hydrogen (secondary N) is 1. The molecule has 3 amide bonds. The Morgan fingerprint density at radius 1 is 0.864 bits per heavy atom. The van der Waals surface area contributed by atoms with Crippen LogP contribution in [0.4, 0.5) is 23.7 Å². The molecule has 0 spiro atoms. The number of ether oxygens (including phenoxy) is 1. The van der Waals surface area contributed by atoms with Crippen LogP contribution in [0.5, 0.6) is 5.75 Å². The molecule has 0 atom stereocenters. The molecule has 1 aromatic heterocycles. The molecule has 0 aliphatic carbocycles. The number of carbonyl (C=O) groups is 2. The highest BCUT2D eigenvalue weighted by Crippen LogP contribution is 2.34. The molecule has 4 rings (SSSR count). The van der Waals surface area contributed by atoms with Gasteiger partial charge in [-0.25, -0.2) is 4.79 Å². The number of amides is 3. The topological polar surface area (TPSA) is 66.8 Å². The molecule has 44 heavy (non-hydrogen) atoms. The van der Waals surface area contributed by atoms with Crippen molar-refractivity contribution in [3.05, 3.63) is 120 Å². The molecule has 0 bridgehead atoms. The van der Waals surface area contributed by atoms with Gasteiger partial charge >= 0.3 is 12.2 Å². The molecule has 0 fully saturated rings. The lowest BCUT2D eigenvalue weighted by Gasteiger charge is -2.29. The molecule has 0 saturated carbocycles. The zero-order valence-electron chi connectivity index (χ0n) is 25.1. The molecular weight excluding hydrogens is 569 g/mol. The predicted molar refractivity (Wildman–Crippen MR) is 164 cm³/mol. The molecule has 232 valence electrons. The maximum absolute atomic E-state index is 13.9. The van der Waals surface area contributed by atoms with Crippen molar-refractivity contribution in [1.29, 1.82) is 0 Å². The number of aromatic nitrogens is 1. The highest BCUT2D eigenvalue weighted by molar-refractivity contribution is 5.93. The van der Waals surface area contributed by atoms with Crippen molar-refractivity contribution in [3.8, 4) is 5.75 Å². The first-order valence-corrected chi connectivity index (χ1v) is 14.3. The Morgan fingerprint density at radius 3 is 2.27 bits per heavy atom. The van der Waals surface area contributed by atoms with Crippen molar-refractivity contribution in [2.45, 2.75) is 39.7 Å². The van der Waals surface area contributed by atoms with Gasteiger partial charge in [0.15, 0.2) is 0 Å². The first-order chi connectivity index (χ1) is 21.0. The second-order valence-electron chi connectivity index (χ2n) is 11.0. The van der Waals surface area contributed by atoms with Gasteiger partial charge in [0, 0.05) is 31.5 Å². The van der Waals surface area contributed by atoms with E-state index >= 15 is 0 Å². The molecule has 3 aromatic carbocycles. The Labute approximate surface area is 255 Å². The molecular formula is C34H37F3N4O3. The minimum Gasteiger partial charge on any atom is -0.497 e. The zero-order valence-corrected chi connectivity index (χ0v) is 25.1. The zero-order chi connectivity index (χ0) is 31.7. The van der Waals surface area contributed by atoms with Gasteiger partial charge in [-0.05, 0) is 53.4 Å². The molecule has 0 radical (unpaired) electrons. The van der Waals surface area contributed by atoms with Crippen LogP contribution in [0.25, 0.3) is 0 Å². The fraction of sp³-hybridized carbons (Fsp3) is 0.294. The quantitative estimate of drug-likeness (QED) is 0.184. The van der Waals surface area contributed by atoms with Gasteiger partial charge in [-0.3, -0.25) is 4.79 Å². The third kappa shape index (κ3) is 8.89. The Morgan fingerprint density at radius 2 is 1.57 bits per heavy atom. The molecule has 0 aliphatic heterocycles. The SMILES string of the molecule is COc1cccc(Cn2cccc2CN(Cc2ccccc2)C(=O)CN(CC(C)C)C(=O)Nc2ccccc2C(F)(F)F)c1. The van der Waals surface area contributed by atoms with Crippen molar-refractivity contribution in [2.24, 2.45) is 5.92 Å². The molecule has 0 unspecified atom stereocenters. The van der Waals surface area contributed by atoms with Gasteiger partial charge < -0.3 is 24.4 Å². The number of hydrogen-bond donors (Lipinski definition) is 1. The monoisotopic (exact) mass is 606 g/mol. The van der Waals surface area contributed by atoms with Crippen LogP contribution >= 0.6 is 0 Å². The van der Waals surface area contributed by atoms with Crippen LogP contribution in [0, 0.1) is 5.92 Å². The number of methoxy groups -OCH3 is 1. The summed E-state index contributed by atoms with van der Waals surface area (Å²) in [6, 6.07) is 25.1. The third-order valence-corrected chi connectivity index (χ3v) is 7.01. The summed E-state index contributed by atoms with van der Waals surface area (Å²) < 4.78 is 48.2.